The molecule has 3 rings (SSSR count). The summed E-state index contributed by atoms with van der Waals surface area (Å²) in [5.41, 5.74) is 3.14. The van der Waals surface area contributed by atoms with Gasteiger partial charge in [-0.3, -0.25) is 4.79 Å². The van der Waals surface area contributed by atoms with Crippen molar-refractivity contribution in [2.75, 3.05) is 45.7 Å². The van der Waals surface area contributed by atoms with Gasteiger partial charge in [0.25, 0.3) is 5.91 Å². The lowest BCUT2D eigenvalue weighted by atomic mass is 10.0. The molecular weight excluding hydrogens is 408 g/mol. The average Bonchev–Trinajstić information content (AvgIpc) is 3.35. The lowest BCUT2D eigenvalue weighted by Gasteiger charge is -2.20. The molecule has 0 saturated heterocycles. The zero-order chi connectivity index (χ0) is 20.8. The Morgan fingerprint density at radius 3 is 2.62 bits per heavy atom. The first-order valence-corrected chi connectivity index (χ1v) is 10.8. The Hall–Kier alpha value is -2.09. The van der Waals surface area contributed by atoms with Gasteiger partial charge in [0.15, 0.2) is 0 Å². The monoisotopic (exact) mass is 434 g/mol. The Morgan fingerprint density at radius 1 is 1.21 bits per heavy atom. The van der Waals surface area contributed by atoms with Crippen LogP contribution in [-0.4, -0.2) is 63.4 Å². The first-order chi connectivity index (χ1) is 13.9. The molecule has 0 aliphatic carbocycles. The average molecular weight is 435 g/mol. The normalized spacial score (nSPS) is 15.9. The molecule has 0 fully saturated rings. The van der Waals surface area contributed by atoms with Gasteiger partial charge in [-0.2, -0.15) is 0 Å². The third-order valence-electron chi connectivity index (χ3n) is 4.76. The van der Waals surface area contributed by atoms with Gasteiger partial charge in [0.05, 0.1) is 21.5 Å². The first kappa shape index (κ1) is 21.6. The van der Waals surface area contributed by atoms with Crippen molar-refractivity contribution >= 4 is 40.2 Å². The molecule has 156 valence electrons. The van der Waals surface area contributed by atoms with Crippen molar-refractivity contribution in [1.29, 1.82) is 0 Å². The number of nitrogens with one attached hydrogen (secondary N) is 1. The number of amides is 1. The highest BCUT2D eigenvalue weighted by Gasteiger charge is 2.23. The van der Waals surface area contributed by atoms with Crippen molar-refractivity contribution < 1.29 is 9.63 Å². The van der Waals surface area contributed by atoms with Gasteiger partial charge >= 0.3 is 0 Å². The molecule has 0 spiro atoms. The van der Waals surface area contributed by atoms with Crippen LogP contribution in [0.5, 0.6) is 0 Å². The van der Waals surface area contributed by atoms with Gasteiger partial charge in [0.2, 0.25) is 0 Å². The van der Waals surface area contributed by atoms with Gasteiger partial charge in [-0.1, -0.05) is 28.9 Å². The Bertz CT molecular complexity index is 851. The Morgan fingerprint density at radius 2 is 1.97 bits per heavy atom. The second-order valence-corrected chi connectivity index (χ2v) is 9.12. The maximum atomic E-state index is 12.1. The SMILES string of the molecule is CN(C)CCCN(C)c1ccc(C2=NOC(CNC(=O)c3ccc(Cl)s3)C2)cc1. The van der Waals surface area contributed by atoms with Crippen LogP contribution in [0.4, 0.5) is 5.69 Å². The van der Waals surface area contributed by atoms with E-state index in [1.807, 2.05) is 0 Å². The third kappa shape index (κ3) is 6.19. The summed E-state index contributed by atoms with van der Waals surface area (Å²) in [5, 5.41) is 7.10. The summed E-state index contributed by atoms with van der Waals surface area (Å²) in [6, 6.07) is 11.8. The zero-order valence-electron chi connectivity index (χ0n) is 17.0. The molecule has 1 aromatic heterocycles. The number of carbonyl (C=O) groups is 1. The zero-order valence-corrected chi connectivity index (χ0v) is 18.6. The largest absolute Gasteiger partial charge is 0.390 e. The van der Waals surface area contributed by atoms with Crippen LogP contribution in [-0.2, 0) is 4.84 Å². The van der Waals surface area contributed by atoms with Crippen LogP contribution in [0.25, 0.3) is 0 Å². The summed E-state index contributed by atoms with van der Waals surface area (Å²) in [6.07, 6.45) is 1.64. The molecule has 2 heterocycles. The number of hydrogen-bond acceptors (Lipinski definition) is 6. The molecule has 1 unspecified atom stereocenters. The predicted octanol–water partition coefficient (Wildman–Crippen LogP) is 3.71. The van der Waals surface area contributed by atoms with E-state index in [1.165, 1.54) is 17.0 Å². The fourth-order valence-corrected chi connectivity index (χ4v) is 4.06. The Kier molecular flexibility index (Phi) is 7.52. The maximum Gasteiger partial charge on any atom is 0.261 e. The van der Waals surface area contributed by atoms with E-state index in [9.17, 15) is 4.79 Å². The molecule has 0 saturated carbocycles. The molecular formula is C21H27ClN4O2S. The highest BCUT2D eigenvalue weighted by molar-refractivity contribution is 7.17. The lowest BCUT2D eigenvalue weighted by molar-refractivity contribution is 0.0755. The molecule has 1 aliphatic heterocycles. The number of carbonyl (C=O) groups excluding carboxylic acids is 1. The van der Waals surface area contributed by atoms with Gasteiger partial charge in [0.1, 0.15) is 6.10 Å². The highest BCUT2D eigenvalue weighted by atomic mass is 35.5. The van der Waals surface area contributed by atoms with Gasteiger partial charge < -0.3 is 20.0 Å². The van der Waals surface area contributed by atoms with Gasteiger partial charge in [-0.05, 0) is 56.9 Å². The topological polar surface area (TPSA) is 57.2 Å². The van der Waals surface area contributed by atoms with Crippen molar-refractivity contribution in [3.8, 4) is 0 Å². The van der Waals surface area contributed by atoms with Crippen molar-refractivity contribution in [3.63, 3.8) is 0 Å². The van der Waals surface area contributed by atoms with Crippen LogP contribution in [0.1, 0.15) is 28.1 Å². The molecule has 1 atom stereocenters. The van der Waals surface area contributed by atoms with Crippen molar-refractivity contribution in [3.05, 3.63) is 51.2 Å². The molecule has 1 aromatic carbocycles. The lowest BCUT2D eigenvalue weighted by Crippen LogP contribution is -2.31. The molecule has 0 bridgehead atoms. The number of hydrogen-bond donors (Lipinski definition) is 1. The summed E-state index contributed by atoms with van der Waals surface area (Å²) >= 11 is 7.14. The Balaban J connectivity index is 1.46. The van der Waals surface area contributed by atoms with Crippen LogP contribution in [0.3, 0.4) is 0 Å². The summed E-state index contributed by atoms with van der Waals surface area (Å²) in [7, 11) is 6.30. The minimum Gasteiger partial charge on any atom is -0.390 e. The van der Waals surface area contributed by atoms with Crippen LogP contribution >= 0.6 is 22.9 Å². The number of anilines is 1. The highest BCUT2D eigenvalue weighted by Crippen LogP contribution is 2.22. The van der Waals surface area contributed by atoms with E-state index in [0.29, 0.717) is 22.2 Å². The minimum atomic E-state index is -0.155. The van der Waals surface area contributed by atoms with E-state index in [2.05, 4.69) is 65.7 Å². The van der Waals surface area contributed by atoms with E-state index in [1.54, 1.807) is 12.1 Å². The van der Waals surface area contributed by atoms with E-state index < -0.39 is 0 Å². The fourth-order valence-electron chi connectivity index (χ4n) is 3.10. The molecule has 8 heteroatoms. The van der Waals surface area contributed by atoms with E-state index >= 15 is 0 Å². The predicted molar refractivity (Wildman–Crippen MR) is 121 cm³/mol. The van der Waals surface area contributed by atoms with Crippen LogP contribution < -0.4 is 10.2 Å². The Labute approximate surface area is 181 Å². The molecule has 1 aliphatic rings. The molecule has 6 nitrogen and oxygen atoms in total. The van der Waals surface area contributed by atoms with Gasteiger partial charge in [-0.25, -0.2) is 0 Å². The summed E-state index contributed by atoms with van der Waals surface area (Å²) in [6.45, 7) is 2.50. The van der Waals surface area contributed by atoms with Gasteiger partial charge in [0, 0.05) is 25.7 Å². The number of oxime groups is 1. The molecule has 1 amide bonds. The van der Waals surface area contributed by atoms with Crippen LogP contribution in [0.2, 0.25) is 4.34 Å². The summed E-state index contributed by atoms with van der Waals surface area (Å²) < 4.78 is 0.602. The number of thiophene rings is 1. The number of nitrogens with zero attached hydrogens (tertiary/aromatic N) is 3. The van der Waals surface area contributed by atoms with Crippen LogP contribution in [0, 0.1) is 0 Å². The number of halogens is 1. The first-order valence-electron chi connectivity index (χ1n) is 9.65. The number of rotatable bonds is 9. The number of benzene rings is 1. The van der Waals surface area contributed by atoms with Crippen molar-refractivity contribution in [1.82, 2.24) is 10.2 Å². The maximum absolute atomic E-state index is 12.1. The molecule has 29 heavy (non-hydrogen) atoms. The molecule has 0 radical (unpaired) electrons. The molecule has 1 N–H and O–H groups in total. The standard InChI is InChI=1S/C21H27ClN4O2S/c1-25(2)11-4-12-26(3)16-7-5-15(6-8-16)18-13-17(28-24-18)14-23-21(27)19-9-10-20(22)29-19/h5-10,17H,4,11-14H2,1-3H3,(H,23,27). The quantitative estimate of drug-likeness (QED) is 0.653. The minimum absolute atomic E-state index is 0.138. The van der Waals surface area contributed by atoms with Crippen molar-refractivity contribution in [2.24, 2.45) is 5.16 Å². The second kappa shape index (κ2) is 10.1. The van der Waals surface area contributed by atoms with E-state index in [0.717, 1.165) is 30.8 Å². The van der Waals surface area contributed by atoms with E-state index in [-0.39, 0.29) is 12.0 Å². The summed E-state index contributed by atoms with van der Waals surface area (Å²) in [5.74, 6) is -0.138. The third-order valence-corrected chi connectivity index (χ3v) is 5.99. The van der Waals surface area contributed by atoms with Crippen molar-refractivity contribution in [2.45, 2.75) is 18.9 Å². The fraction of sp³-hybridized carbons (Fsp3) is 0.429. The summed E-state index contributed by atoms with van der Waals surface area (Å²) in [4.78, 5) is 22.7. The molecule has 2 aromatic rings. The van der Waals surface area contributed by atoms with Gasteiger partial charge in [-0.15, -0.1) is 11.3 Å². The van der Waals surface area contributed by atoms with Crippen LogP contribution in [0.15, 0.2) is 41.6 Å². The second-order valence-electron chi connectivity index (χ2n) is 7.41. The van der Waals surface area contributed by atoms with E-state index in [4.69, 9.17) is 16.4 Å². The smallest absolute Gasteiger partial charge is 0.261 e.